The van der Waals surface area contributed by atoms with Gasteiger partial charge in [-0.05, 0) is 71.4 Å². The minimum atomic E-state index is -0.501. The lowest BCUT2D eigenvalue weighted by Gasteiger charge is -2.33. The van der Waals surface area contributed by atoms with Crippen LogP contribution in [0.2, 0.25) is 0 Å². The molecule has 1 fully saturated rings. The van der Waals surface area contributed by atoms with E-state index in [1.807, 2.05) is 53.7 Å². The van der Waals surface area contributed by atoms with Gasteiger partial charge in [0.2, 0.25) is 0 Å². The van der Waals surface area contributed by atoms with Crippen LogP contribution in [0.3, 0.4) is 0 Å². The van der Waals surface area contributed by atoms with Crippen molar-refractivity contribution in [3.8, 4) is 0 Å². The molecule has 1 aliphatic rings. The number of carbonyl (C=O) groups excluding carboxylic acids is 2. The molecule has 0 aromatic heterocycles. The Morgan fingerprint density at radius 3 is 1.88 bits per heavy atom. The number of nitrogens with one attached hydrogen (secondary N) is 3. The Kier molecular flexibility index (Phi) is 9.37. The summed E-state index contributed by atoms with van der Waals surface area (Å²) in [5.41, 5.74) is 1.23. The Morgan fingerprint density at radius 1 is 0.812 bits per heavy atom. The molecule has 2 rings (SSSR count). The number of ether oxygens (including phenoxy) is 2. The highest BCUT2D eigenvalue weighted by Gasteiger charge is 2.26. The van der Waals surface area contributed by atoms with Crippen LogP contribution in [0, 0.1) is 5.92 Å². The average Bonchev–Trinajstić information content (AvgIpc) is 2.68. The monoisotopic (exact) mass is 447 g/mol. The van der Waals surface area contributed by atoms with Gasteiger partial charge >= 0.3 is 12.2 Å². The Bertz CT molecular complexity index is 735. The molecule has 180 valence electrons. The first-order chi connectivity index (χ1) is 14.9. The number of hydrogen-bond acceptors (Lipinski definition) is 5. The summed E-state index contributed by atoms with van der Waals surface area (Å²) in [6.07, 6.45) is 3.85. The molecule has 2 amide bonds. The van der Waals surface area contributed by atoms with Crippen molar-refractivity contribution in [2.75, 3.05) is 6.54 Å². The molecule has 1 aromatic carbocycles. The fraction of sp³-hybridized carbons (Fsp3) is 0.680. The zero-order valence-electron chi connectivity index (χ0n) is 20.5. The first-order valence-electron chi connectivity index (χ1n) is 11.7. The highest BCUT2D eigenvalue weighted by atomic mass is 16.6. The largest absolute Gasteiger partial charge is 0.444 e. The van der Waals surface area contributed by atoms with Crippen molar-refractivity contribution in [2.45, 2.75) is 97.6 Å². The van der Waals surface area contributed by atoms with Crippen molar-refractivity contribution < 1.29 is 19.1 Å². The number of amides is 2. The van der Waals surface area contributed by atoms with Crippen molar-refractivity contribution in [1.82, 2.24) is 16.0 Å². The molecule has 7 heteroatoms. The van der Waals surface area contributed by atoms with Crippen LogP contribution in [0.1, 0.15) is 78.4 Å². The molecule has 3 N–H and O–H groups in total. The fourth-order valence-corrected chi connectivity index (χ4v) is 3.76. The van der Waals surface area contributed by atoms with Crippen LogP contribution in [-0.4, -0.2) is 36.0 Å². The lowest BCUT2D eigenvalue weighted by atomic mass is 9.84. The quantitative estimate of drug-likeness (QED) is 0.554. The van der Waals surface area contributed by atoms with E-state index in [1.165, 1.54) is 18.4 Å². The molecule has 0 heterocycles. The van der Waals surface area contributed by atoms with Gasteiger partial charge in [0.1, 0.15) is 11.2 Å². The van der Waals surface area contributed by atoms with Crippen LogP contribution < -0.4 is 16.0 Å². The summed E-state index contributed by atoms with van der Waals surface area (Å²) in [4.78, 5) is 23.8. The van der Waals surface area contributed by atoms with E-state index in [4.69, 9.17) is 9.47 Å². The van der Waals surface area contributed by atoms with Gasteiger partial charge in [0.25, 0.3) is 0 Å². The molecule has 2 atom stereocenters. The smallest absolute Gasteiger partial charge is 0.407 e. The third-order valence-corrected chi connectivity index (χ3v) is 5.24. The van der Waals surface area contributed by atoms with E-state index in [2.05, 4.69) is 28.1 Å². The zero-order chi connectivity index (χ0) is 23.8. The number of carbonyl (C=O) groups is 2. The lowest BCUT2D eigenvalue weighted by Crippen LogP contribution is -2.44. The van der Waals surface area contributed by atoms with Crippen molar-refractivity contribution >= 4 is 12.2 Å². The Morgan fingerprint density at radius 2 is 1.31 bits per heavy atom. The number of hydrogen-bond donors (Lipinski definition) is 3. The summed E-state index contributed by atoms with van der Waals surface area (Å²) in [7, 11) is 0. The van der Waals surface area contributed by atoms with Gasteiger partial charge in [-0.25, -0.2) is 9.59 Å². The summed E-state index contributed by atoms with van der Waals surface area (Å²) < 4.78 is 10.6. The first-order valence-corrected chi connectivity index (χ1v) is 11.7. The number of alkyl carbamates (subject to hydrolysis) is 2. The van der Waals surface area contributed by atoms with Crippen LogP contribution >= 0.6 is 0 Å². The molecule has 7 nitrogen and oxygen atoms in total. The average molecular weight is 448 g/mol. The Labute approximate surface area is 193 Å². The molecule has 0 spiro atoms. The summed E-state index contributed by atoms with van der Waals surface area (Å²) in [5, 5.41) is 9.39. The van der Waals surface area contributed by atoms with E-state index in [9.17, 15) is 9.59 Å². The second-order valence-corrected chi connectivity index (χ2v) is 10.6. The van der Waals surface area contributed by atoms with Crippen LogP contribution in [0.25, 0.3) is 0 Å². The fourth-order valence-electron chi connectivity index (χ4n) is 3.76. The van der Waals surface area contributed by atoms with Crippen LogP contribution in [0.15, 0.2) is 24.3 Å². The second-order valence-electron chi connectivity index (χ2n) is 10.6. The summed E-state index contributed by atoms with van der Waals surface area (Å²) >= 11 is 0. The summed E-state index contributed by atoms with van der Waals surface area (Å²) in [6, 6.07) is 8.58. The van der Waals surface area contributed by atoms with E-state index >= 15 is 0 Å². The molecule has 1 aromatic rings. The zero-order valence-corrected chi connectivity index (χ0v) is 20.5. The van der Waals surface area contributed by atoms with E-state index < -0.39 is 17.3 Å². The van der Waals surface area contributed by atoms with Gasteiger partial charge in [-0.1, -0.05) is 37.1 Å². The van der Waals surface area contributed by atoms with Gasteiger partial charge in [0.15, 0.2) is 0 Å². The van der Waals surface area contributed by atoms with Gasteiger partial charge in [-0.3, -0.25) is 0 Å². The van der Waals surface area contributed by atoms with Crippen LogP contribution in [-0.2, 0) is 22.6 Å². The van der Waals surface area contributed by atoms with E-state index in [-0.39, 0.29) is 6.09 Å². The third-order valence-electron chi connectivity index (χ3n) is 5.24. The van der Waals surface area contributed by atoms with Gasteiger partial charge in [0, 0.05) is 25.7 Å². The molecule has 0 aliphatic heterocycles. The molecule has 0 bridgehead atoms. The van der Waals surface area contributed by atoms with Crippen LogP contribution in [0.4, 0.5) is 9.59 Å². The van der Waals surface area contributed by atoms with Gasteiger partial charge < -0.3 is 25.4 Å². The molecule has 0 radical (unpaired) electrons. The number of benzene rings is 1. The Balaban J connectivity index is 1.78. The minimum absolute atomic E-state index is 0.350. The maximum Gasteiger partial charge on any atom is 0.407 e. The maximum absolute atomic E-state index is 12.0. The molecule has 0 saturated heterocycles. The van der Waals surface area contributed by atoms with Crippen molar-refractivity contribution in [3.63, 3.8) is 0 Å². The molecule has 2 unspecified atom stereocenters. The normalized spacial score (nSPS) is 19.2. The maximum atomic E-state index is 12.0. The highest BCUT2D eigenvalue weighted by Crippen LogP contribution is 2.24. The van der Waals surface area contributed by atoms with Gasteiger partial charge in [-0.2, -0.15) is 0 Å². The van der Waals surface area contributed by atoms with Gasteiger partial charge in [-0.15, -0.1) is 0 Å². The number of rotatable bonds is 7. The SMILES string of the molecule is CC(C)(C)OC(=O)NCc1ccc(CNC2CCCCC2CNC(=O)OC(C)(C)C)cc1. The van der Waals surface area contributed by atoms with Crippen molar-refractivity contribution in [2.24, 2.45) is 5.92 Å². The molecule has 1 aliphatic carbocycles. The highest BCUT2D eigenvalue weighted by molar-refractivity contribution is 5.68. The van der Waals surface area contributed by atoms with Crippen molar-refractivity contribution in [1.29, 1.82) is 0 Å². The van der Waals surface area contributed by atoms with E-state index in [0.717, 1.165) is 24.9 Å². The summed E-state index contributed by atoms with van der Waals surface area (Å²) in [5.74, 6) is 0.397. The minimum Gasteiger partial charge on any atom is -0.444 e. The molecular weight excluding hydrogens is 406 g/mol. The topological polar surface area (TPSA) is 88.7 Å². The van der Waals surface area contributed by atoms with E-state index in [1.54, 1.807) is 0 Å². The predicted molar refractivity (Wildman–Crippen MR) is 126 cm³/mol. The molecule has 32 heavy (non-hydrogen) atoms. The van der Waals surface area contributed by atoms with E-state index in [0.29, 0.717) is 25.0 Å². The second kappa shape index (κ2) is 11.5. The first kappa shape index (κ1) is 26.0. The summed E-state index contributed by atoms with van der Waals surface area (Å²) in [6.45, 7) is 13.0. The standard InChI is InChI=1S/C25H41N3O4/c1-24(2,3)31-22(29)27-16-19-13-11-18(12-14-19)15-26-21-10-8-7-9-20(21)17-28-23(30)32-25(4,5)6/h11-14,20-21,26H,7-10,15-17H2,1-6H3,(H,27,29)(H,28,30). The Hall–Kier alpha value is -2.28. The lowest BCUT2D eigenvalue weighted by molar-refractivity contribution is 0.0504. The predicted octanol–water partition coefficient (Wildman–Crippen LogP) is 4.88. The molecular formula is C25H41N3O4. The van der Waals surface area contributed by atoms with Crippen LogP contribution in [0.5, 0.6) is 0 Å². The van der Waals surface area contributed by atoms with Crippen molar-refractivity contribution in [3.05, 3.63) is 35.4 Å². The third kappa shape index (κ3) is 10.4. The molecule has 1 saturated carbocycles. The van der Waals surface area contributed by atoms with Gasteiger partial charge in [0.05, 0.1) is 0 Å².